The number of rotatable bonds is 16. The summed E-state index contributed by atoms with van der Waals surface area (Å²) in [4.78, 5) is 53.3. The molecule has 0 saturated heterocycles. The lowest BCUT2D eigenvalue weighted by atomic mass is 10.0. The first-order valence-electron chi connectivity index (χ1n) is 10.5. The van der Waals surface area contributed by atoms with E-state index in [2.05, 4.69) is 33.6 Å². The maximum absolute atomic E-state index is 13.0. The third-order valence-electron chi connectivity index (χ3n) is 4.59. The number of hydrogen-bond donors (Lipinski definition) is 8. The van der Waals surface area contributed by atoms with Crippen LogP contribution in [0.1, 0.15) is 33.1 Å². The number of nitrogens with one attached hydrogen (secondary N) is 3. The Bertz CT molecular complexity index is 689. The van der Waals surface area contributed by atoms with E-state index >= 15 is 0 Å². The highest BCUT2D eigenvalue weighted by molar-refractivity contribution is 7.98. The SMILES string of the molecule is CSCCC(NC(=O)C(CCCN=C(N)N)NC(=O)C(N)CS)C(=O)NC(C(=O)O)C(C)C. The second-order valence-electron chi connectivity index (χ2n) is 7.71. The fraction of sp³-hybridized carbons (Fsp3) is 0.737. The summed E-state index contributed by atoms with van der Waals surface area (Å²) in [5.41, 5.74) is 16.3. The van der Waals surface area contributed by atoms with Crippen LogP contribution in [0.25, 0.3) is 0 Å². The van der Waals surface area contributed by atoms with Crippen LogP contribution in [-0.4, -0.2) is 83.2 Å². The topological polar surface area (TPSA) is 215 Å². The molecule has 0 radical (unpaired) electrons. The van der Waals surface area contributed by atoms with Crippen LogP contribution in [0, 0.1) is 5.92 Å². The third kappa shape index (κ3) is 12.6. The van der Waals surface area contributed by atoms with E-state index in [9.17, 15) is 24.3 Å². The van der Waals surface area contributed by atoms with Crippen LogP contribution < -0.4 is 33.2 Å². The predicted molar refractivity (Wildman–Crippen MR) is 133 cm³/mol. The van der Waals surface area contributed by atoms with Gasteiger partial charge in [-0.15, -0.1) is 0 Å². The maximum atomic E-state index is 13.0. The highest BCUT2D eigenvalue weighted by Crippen LogP contribution is 2.07. The Morgan fingerprint density at radius 1 is 1.00 bits per heavy atom. The van der Waals surface area contributed by atoms with Crippen molar-refractivity contribution in [3.63, 3.8) is 0 Å². The number of guanidine groups is 1. The van der Waals surface area contributed by atoms with Gasteiger partial charge in [0, 0.05) is 12.3 Å². The molecule has 0 fully saturated rings. The van der Waals surface area contributed by atoms with Gasteiger partial charge >= 0.3 is 5.97 Å². The number of thiol groups is 1. The number of thioether (sulfide) groups is 1. The van der Waals surface area contributed by atoms with Gasteiger partial charge in [0.2, 0.25) is 17.7 Å². The number of aliphatic imine (C=N–C) groups is 1. The predicted octanol–water partition coefficient (Wildman–Crippen LogP) is -1.75. The van der Waals surface area contributed by atoms with E-state index in [0.29, 0.717) is 12.2 Å². The monoisotopic (exact) mass is 507 g/mol. The lowest BCUT2D eigenvalue weighted by Gasteiger charge is -2.26. The molecule has 0 aromatic carbocycles. The molecule has 4 unspecified atom stereocenters. The number of carbonyl (C=O) groups excluding carboxylic acids is 3. The van der Waals surface area contributed by atoms with Gasteiger partial charge in [0.05, 0.1) is 6.04 Å². The molecule has 0 saturated carbocycles. The number of amides is 3. The smallest absolute Gasteiger partial charge is 0.326 e. The molecule has 12 nitrogen and oxygen atoms in total. The van der Waals surface area contributed by atoms with E-state index in [4.69, 9.17) is 17.2 Å². The van der Waals surface area contributed by atoms with Gasteiger partial charge in [-0.3, -0.25) is 19.4 Å². The first-order valence-corrected chi connectivity index (χ1v) is 12.5. The first-order chi connectivity index (χ1) is 15.4. The number of carboxylic acids is 1. The van der Waals surface area contributed by atoms with Gasteiger partial charge < -0.3 is 38.3 Å². The molecule has 33 heavy (non-hydrogen) atoms. The van der Waals surface area contributed by atoms with E-state index in [1.165, 1.54) is 11.8 Å². The van der Waals surface area contributed by atoms with E-state index in [-0.39, 0.29) is 37.0 Å². The largest absolute Gasteiger partial charge is 0.480 e. The summed E-state index contributed by atoms with van der Waals surface area (Å²) in [6.45, 7) is 3.58. The Morgan fingerprint density at radius 3 is 2.03 bits per heavy atom. The zero-order chi connectivity index (χ0) is 25.6. The molecule has 14 heteroatoms. The summed E-state index contributed by atoms with van der Waals surface area (Å²) in [7, 11) is 0. The highest BCUT2D eigenvalue weighted by atomic mass is 32.2. The molecular formula is C19H37N7O5S2. The Kier molecular flexibility index (Phi) is 15.3. The van der Waals surface area contributed by atoms with Crippen LogP contribution in [0.4, 0.5) is 0 Å². The Hall–Kier alpha value is -2.19. The third-order valence-corrected chi connectivity index (χ3v) is 5.62. The van der Waals surface area contributed by atoms with Gasteiger partial charge in [0.1, 0.15) is 18.1 Å². The van der Waals surface area contributed by atoms with Gasteiger partial charge in [-0.25, -0.2) is 4.79 Å². The van der Waals surface area contributed by atoms with Crippen molar-refractivity contribution in [1.82, 2.24) is 16.0 Å². The average Bonchev–Trinajstić information content (AvgIpc) is 2.74. The molecule has 10 N–H and O–H groups in total. The van der Waals surface area contributed by atoms with Crippen molar-refractivity contribution >= 4 is 54.0 Å². The number of nitrogens with zero attached hydrogens (tertiary/aromatic N) is 1. The molecule has 190 valence electrons. The Labute approximate surface area is 204 Å². The molecule has 0 aliphatic heterocycles. The summed E-state index contributed by atoms with van der Waals surface area (Å²) in [5, 5.41) is 17.0. The minimum absolute atomic E-state index is 0.0820. The lowest BCUT2D eigenvalue weighted by molar-refractivity contribution is -0.143. The number of carbonyl (C=O) groups is 4. The standard InChI is InChI=1S/C19H37N7O5S2/c1-10(2)14(18(30)31)26-17(29)13(6-8-33-3)25-16(28)12(5-4-7-23-19(21)22)24-15(27)11(20)9-32/h10-14,32H,4-9,20H2,1-3H3,(H,24,27)(H,25,28)(H,26,29)(H,30,31)(H4,21,22,23). The number of carboxylic acid groups (broad SMARTS) is 1. The van der Waals surface area contributed by atoms with E-state index in [0.717, 1.165) is 0 Å². The number of aliphatic carboxylic acids is 1. The van der Waals surface area contributed by atoms with Gasteiger partial charge in [0.25, 0.3) is 0 Å². The van der Waals surface area contributed by atoms with Crippen LogP contribution in [0.2, 0.25) is 0 Å². The second-order valence-corrected chi connectivity index (χ2v) is 9.06. The molecule has 0 spiro atoms. The van der Waals surface area contributed by atoms with E-state index < -0.39 is 47.9 Å². The fourth-order valence-corrected chi connectivity index (χ4v) is 3.32. The van der Waals surface area contributed by atoms with Crippen molar-refractivity contribution in [2.75, 3.05) is 24.3 Å². The molecular weight excluding hydrogens is 470 g/mol. The average molecular weight is 508 g/mol. The van der Waals surface area contributed by atoms with Crippen molar-refractivity contribution in [3.05, 3.63) is 0 Å². The minimum atomic E-state index is -1.17. The van der Waals surface area contributed by atoms with Gasteiger partial charge in [0.15, 0.2) is 5.96 Å². The van der Waals surface area contributed by atoms with Crippen LogP contribution in [0.5, 0.6) is 0 Å². The van der Waals surface area contributed by atoms with Crippen molar-refractivity contribution in [2.24, 2.45) is 28.1 Å². The van der Waals surface area contributed by atoms with Gasteiger partial charge in [-0.1, -0.05) is 13.8 Å². The molecule has 0 heterocycles. The molecule has 4 atom stereocenters. The first kappa shape index (κ1) is 30.8. The molecule has 0 rings (SSSR count). The van der Waals surface area contributed by atoms with Crippen LogP contribution in [0.15, 0.2) is 4.99 Å². The quantitative estimate of drug-likeness (QED) is 0.0513. The van der Waals surface area contributed by atoms with Crippen LogP contribution in [-0.2, 0) is 19.2 Å². The van der Waals surface area contributed by atoms with Gasteiger partial charge in [-0.05, 0) is 37.2 Å². The highest BCUT2D eigenvalue weighted by Gasteiger charge is 2.30. The molecule has 0 aliphatic carbocycles. The number of nitrogens with two attached hydrogens (primary N) is 3. The van der Waals surface area contributed by atoms with Crippen molar-refractivity contribution < 1.29 is 24.3 Å². The summed E-state index contributed by atoms with van der Waals surface area (Å²) in [6, 6.07) is -4.00. The summed E-state index contributed by atoms with van der Waals surface area (Å²) < 4.78 is 0. The minimum Gasteiger partial charge on any atom is -0.480 e. The number of hydrogen-bond acceptors (Lipinski definition) is 8. The zero-order valence-corrected chi connectivity index (χ0v) is 21.0. The normalized spacial score (nSPS) is 14.5. The van der Waals surface area contributed by atoms with Crippen LogP contribution >= 0.6 is 24.4 Å². The van der Waals surface area contributed by atoms with Crippen LogP contribution in [0.3, 0.4) is 0 Å². The summed E-state index contributed by atoms with van der Waals surface area (Å²) >= 11 is 5.46. The Morgan fingerprint density at radius 2 is 1.55 bits per heavy atom. The maximum Gasteiger partial charge on any atom is 0.326 e. The van der Waals surface area contributed by atoms with E-state index in [1.807, 2.05) is 6.26 Å². The molecule has 0 aliphatic rings. The summed E-state index contributed by atoms with van der Waals surface area (Å²) in [5.74, 6) is -2.77. The molecule has 0 bridgehead atoms. The second kappa shape index (κ2) is 16.4. The van der Waals surface area contributed by atoms with Crippen molar-refractivity contribution in [2.45, 2.75) is 57.3 Å². The summed E-state index contributed by atoms with van der Waals surface area (Å²) in [6.07, 6.45) is 2.68. The molecule has 0 aromatic heterocycles. The van der Waals surface area contributed by atoms with Gasteiger partial charge in [-0.2, -0.15) is 24.4 Å². The molecule has 3 amide bonds. The zero-order valence-electron chi connectivity index (χ0n) is 19.2. The van der Waals surface area contributed by atoms with E-state index in [1.54, 1.807) is 13.8 Å². The van der Waals surface area contributed by atoms with Crippen molar-refractivity contribution in [1.29, 1.82) is 0 Å². The molecule has 0 aromatic rings. The lowest BCUT2D eigenvalue weighted by Crippen LogP contribution is -2.57. The Balaban J connectivity index is 5.47. The fourth-order valence-electron chi connectivity index (χ4n) is 2.68. The van der Waals surface area contributed by atoms with Crippen molar-refractivity contribution in [3.8, 4) is 0 Å².